The second kappa shape index (κ2) is 9.12. The van der Waals surface area contributed by atoms with Gasteiger partial charge in [0.05, 0.1) is 11.8 Å². The number of carbonyl (C=O) groups excluding carboxylic acids is 1. The van der Waals surface area contributed by atoms with Gasteiger partial charge in [-0.1, -0.05) is 18.2 Å². The molecule has 1 amide bonds. The highest BCUT2D eigenvalue weighted by atomic mass is 32.1. The predicted molar refractivity (Wildman–Crippen MR) is 102 cm³/mol. The van der Waals surface area contributed by atoms with Crippen LogP contribution in [0.3, 0.4) is 0 Å². The highest BCUT2D eigenvalue weighted by molar-refractivity contribution is 7.13. The van der Waals surface area contributed by atoms with Gasteiger partial charge in [0, 0.05) is 19.6 Å². The molecule has 0 aliphatic carbocycles. The molecule has 1 atom stereocenters. The summed E-state index contributed by atoms with van der Waals surface area (Å²) in [6.07, 6.45) is 1.64. The molecule has 140 valence electrons. The number of thiazole rings is 1. The fraction of sp³-hybridized carbons (Fsp3) is 0.474. The lowest BCUT2D eigenvalue weighted by Gasteiger charge is -2.29. The van der Waals surface area contributed by atoms with Crippen LogP contribution in [0, 0.1) is 6.92 Å². The molecule has 2 heterocycles. The van der Waals surface area contributed by atoms with E-state index in [0.717, 1.165) is 42.4 Å². The Balaban J connectivity index is 1.47. The van der Waals surface area contributed by atoms with E-state index in [0.29, 0.717) is 24.6 Å². The van der Waals surface area contributed by atoms with Crippen LogP contribution in [0.4, 0.5) is 0 Å². The summed E-state index contributed by atoms with van der Waals surface area (Å²) < 4.78 is 5.70. The average molecular weight is 375 g/mol. The Hall–Kier alpha value is -1.96. The third kappa shape index (κ3) is 5.27. The summed E-state index contributed by atoms with van der Waals surface area (Å²) in [5.74, 6) is 0.693. The number of ether oxygens (including phenoxy) is 1. The van der Waals surface area contributed by atoms with Crippen molar-refractivity contribution in [3.8, 4) is 5.75 Å². The summed E-state index contributed by atoms with van der Waals surface area (Å²) in [5, 5.41) is 13.4. The van der Waals surface area contributed by atoms with E-state index in [1.807, 2.05) is 37.3 Å². The van der Waals surface area contributed by atoms with Crippen molar-refractivity contribution in [2.75, 3.05) is 26.2 Å². The van der Waals surface area contributed by atoms with Crippen LogP contribution in [0.25, 0.3) is 0 Å². The molecule has 1 aromatic heterocycles. The van der Waals surface area contributed by atoms with Crippen LogP contribution in [-0.2, 0) is 6.61 Å². The van der Waals surface area contributed by atoms with Gasteiger partial charge >= 0.3 is 0 Å². The maximum atomic E-state index is 12.4. The first-order valence-electron chi connectivity index (χ1n) is 8.94. The number of aromatic nitrogens is 1. The third-order valence-electron chi connectivity index (χ3n) is 4.35. The molecule has 2 aromatic rings. The number of aryl methyl sites for hydroxylation is 1. The quantitative estimate of drug-likeness (QED) is 0.776. The Morgan fingerprint density at radius 2 is 2.23 bits per heavy atom. The number of aliphatic hydroxyl groups is 1. The molecule has 6 nitrogen and oxygen atoms in total. The molecular weight excluding hydrogens is 350 g/mol. The number of rotatable bonds is 7. The lowest BCUT2D eigenvalue weighted by atomic mass is 10.1. The van der Waals surface area contributed by atoms with Gasteiger partial charge in [-0.25, -0.2) is 4.98 Å². The Labute approximate surface area is 157 Å². The summed E-state index contributed by atoms with van der Waals surface area (Å²) >= 11 is 1.37. The SMILES string of the molecule is Cc1nc(COc2ccccc2)sc1C(=O)NCCN1CCCC(O)C1. The van der Waals surface area contributed by atoms with Crippen molar-refractivity contribution in [2.24, 2.45) is 0 Å². The molecule has 0 spiro atoms. The lowest BCUT2D eigenvalue weighted by Crippen LogP contribution is -2.42. The molecule has 1 saturated heterocycles. The number of hydrogen-bond acceptors (Lipinski definition) is 6. The van der Waals surface area contributed by atoms with Crippen molar-refractivity contribution in [2.45, 2.75) is 32.5 Å². The lowest BCUT2D eigenvalue weighted by molar-refractivity contribution is 0.0703. The minimum atomic E-state index is -0.240. The Bertz CT molecular complexity index is 720. The fourth-order valence-corrected chi connectivity index (χ4v) is 3.92. The number of piperidine rings is 1. The maximum absolute atomic E-state index is 12.4. The van der Waals surface area contributed by atoms with E-state index in [1.54, 1.807) is 0 Å². The second-order valence-corrected chi connectivity index (χ2v) is 7.56. The number of aliphatic hydroxyl groups excluding tert-OH is 1. The van der Waals surface area contributed by atoms with Gasteiger partial charge in [-0.05, 0) is 38.4 Å². The zero-order chi connectivity index (χ0) is 18.4. The van der Waals surface area contributed by atoms with Crippen LogP contribution < -0.4 is 10.1 Å². The Morgan fingerprint density at radius 3 is 3.00 bits per heavy atom. The number of hydrogen-bond donors (Lipinski definition) is 2. The fourth-order valence-electron chi connectivity index (χ4n) is 3.03. The van der Waals surface area contributed by atoms with Gasteiger partial charge in [0.25, 0.3) is 5.91 Å². The number of likely N-dealkylation sites (tertiary alicyclic amines) is 1. The van der Waals surface area contributed by atoms with E-state index in [9.17, 15) is 9.90 Å². The molecule has 26 heavy (non-hydrogen) atoms. The number of carbonyl (C=O) groups is 1. The largest absolute Gasteiger partial charge is 0.486 e. The number of benzene rings is 1. The first-order valence-corrected chi connectivity index (χ1v) is 9.76. The molecule has 2 N–H and O–H groups in total. The Kier molecular flexibility index (Phi) is 6.60. The van der Waals surface area contributed by atoms with Crippen LogP contribution in [0.5, 0.6) is 5.75 Å². The van der Waals surface area contributed by atoms with Gasteiger partial charge in [0.1, 0.15) is 22.2 Å². The van der Waals surface area contributed by atoms with E-state index in [2.05, 4.69) is 15.2 Å². The smallest absolute Gasteiger partial charge is 0.263 e. The summed E-state index contributed by atoms with van der Waals surface area (Å²) in [6, 6.07) is 9.57. The highest BCUT2D eigenvalue weighted by Gasteiger charge is 2.18. The average Bonchev–Trinajstić information content (AvgIpc) is 3.02. The summed E-state index contributed by atoms with van der Waals surface area (Å²) in [7, 11) is 0. The van der Waals surface area contributed by atoms with Crippen LogP contribution in [-0.4, -0.2) is 53.2 Å². The number of amides is 1. The molecular formula is C19H25N3O3S. The summed E-state index contributed by atoms with van der Waals surface area (Å²) in [4.78, 5) is 19.7. The number of nitrogens with zero attached hydrogens (tertiary/aromatic N) is 2. The van der Waals surface area contributed by atoms with Crippen LogP contribution in [0.15, 0.2) is 30.3 Å². The van der Waals surface area contributed by atoms with E-state index in [1.165, 1.54) is 11.3 Å². The van der Waals surface area contributed by atoms with E-state index in [-0.39, 0.29) is 12.0 Å². The molecule has 1 aliphatic rings. The minimum Gasteiger partial charge on any atom is -0.486 e. The minimum absolute atomic E-state index is 0.0940. The number of nitrogens with one attached hydrogen (secondary N) is 1. The molecule has 1 fully saturated rings. The number of β-amino-alcohol motifs (C(OH)–C–C–N with tert-alkyl or cyclic N) is 1. The molecule has 1 unspecified atom stereocenters. The zero-order valence-corrected chi connectivity index (χ0v) is 15.8. The second-order valence-electron chi connectivity index (χ2n) is 6.48. The van der Waals surface area contributed by atoms with Gasteiger partial charge in [-0.2, -0.15) is 0 Å². The molecule has 0 saturated carbocycles. The standard InChI is InChI=1S/C19H25N3O3S/c1-14-18(19(24)20-9-11-22-10-5-6-15(23)12-22)26-17(21-14)13-25-16-7-3-2-4-8-16/h2-4,7-8,15,23H,5-6,9-13H2,1H3,(H,20,24). The van der Waals surface area contributed by atoms with Gasteiger partial charge < -0.3 is 15.2 Å². The Morgan fingerprint density at radius 1 is 1.42 bits per heavy atom. The van der Waals surface area contributed by atoms with Crippen LogP contribution >= 0.6 is 11.3 Å². The maximum Gasteiger partial charge on any atom is 0.263 e. The molecule has 0 radical (unpaired) electrons. The molecule has 1 aliphatic heterocycles. The monoisotopic (exact) mass is 375 g/mol. The van der Waals surface area contributed by atoms with Crippen molar-refractivity contribution in [3.63, 3.8) is 0 Å². The van der Waals surface area contributed by atoms with Crippen molar-refractivity contribution >= 4 is 17.2 Å². The first kappa shape index (κ1) is 18.8. The third-order valence-corrected chi connectivity index (χ3v) is 5.48. The van der Waals surface area contributed by atoms with E-state index in [4.69, 9.17) is 4.74 Å². The normalized spacial score (nSPS) is 17.8. The van der Waals surface area contributed by atoms with Gasteiger partial charge in [0.15, 0.2) is 0 Å². The highest BCUT2D eigenvalue weighted by Crippen LogP contribution is 2.20. The van der Waals surface area contributed by atoms with Gasteiger partial charge in [-0.15, -0.1) is 11.3 Å². The van der Waals surface area contributed by atoms with Crippen molar-refractivity contribution < 1.29 is 14.6 Å². The molecule has 3 rings (SSSR count). The molecule has 1 aromatic carbocycles. The van der Waals surface area contributed by atoms with Crippen molar-refractivity contribution in [3.05, 3.63) is 45.9 Å². The topological polar surface area (TPSA) is 74.7 Å². The van der Waals surface area contributed by atoms with Gasteiger partial charge in [0.2, 0.25) is 0 Å². The van der Waals surface area contributed by atoms with Crippen molar-refractivity contribution in [1.82, 2.24) is 15.2 Å². The predicted octanol–water partition coefficient (Wildman–Crippen LogP) is 2.22. The zero-order valence-electron chi connectivity index (χ0n) is 15.0. The molecule has 0 bridgehead atoms. The first-order chi connectivity index (χ1) is 12.6. The van der Waals surface area contributed by atoms with E-state index >= 15 is 0 Å². The summed E-state index contributed by atoms with van der Waals surface area (Å²) in [5.41, 5.74) is 0.729. The molecule has 7 heteroatoms. The summed E-state index contributed by atoms with van der Waals surface area (Å²) in [6.45, 7) is 5.19. The van der Waals surface area contributed by atoms with Crippen LogP contribution in [0.1, 0.15) is 33.2 Å². The van der Waals surface area contributed by atoms with Crippen molar-refractivity contribution in [1.29, 1.82) is 0 Å². The van der Waals surface area contributed by atoms with Crippen LogP contribution in [0.2, 0.25) is 0 Å². The van der Waals surface area contributed by atoms with E-state index < -0.39 is 0 Å². The number of para-hydroxylation sites is 1. The van der Waals surface area contributed by atoms with Gasteiger partial charge in [-0.3, -0.25) is 9.69 Å².